The lowest BCUT2D eigenvalue weighted by Crippen LogP contribution is -2.43. The summed E-state index contributed by atoms with van der Waals surface area (Å²) in [5.74, 6) is 1.57. The number of aryl methyl sites for hydroxylation is 1. The molecular formula is C21H37IN4O3. The topological polar surface area (TPSA) is 84.0 Å². The van der Waals surface area contributed by atoms with Gasteiger partial charge in [-0.3, -0.25) is 4.79 Å². The number of carbonyl (C=O) groups is 1. The zero-order valence-corrected chi connectivity index (χ0v) is 20.9. The third-order valence-corrected chi connectivity index (χ3v) is 3.90. The summed E-state index contributed by atoms with van der Waals surface area (Å²) in [4.78, 5) is 16.5. The van der Waals surface area contributed by atoms with Crippen LogP contribution < -0.4 is 20.7 Å². The standard InChI is InChI=1S/C21H36N4O3.HI/c1-7-22-20(24-11-10-23-19(26)21(3,4)5)25-15-17-9-8-16(2)14-18(17)28-13-12-27-6;/h8-9,14H,7,10-13,15H2,1-6H3,(H,23,26)(H2,22,24,25);1H. The van der Waals surface area contributed by atoms with Crippen molar-refractivity contribution in [1.29, 1.82) is 0 Å². The summed E-state index contributed by atoms with van der Waals surface area (Å²) in [6.45, 7) is 13.2. The fourth-order valence-corrected chi connectivity index (χ4v) is 2.29. The van der Waals surface area contributed by atoms with Crippen molar-refractivity contribution in [2.24, 2.45) is 10.4 Å². The predicted molar refractivity (Wildman–Crippen MR) is 129 cm³/mol. The Hall–Kier alpha value is -1.55. The van der Waals surface area contributed by atoms with Crippen molar-refractivity contribution in [2.75, 3.05) is 40.0 Å². The zero-order chi connectivity index (χ0) is 21.0. The molecule has 29 heavy (non-hydrogen) atoms. The van der Waals surface area contributed by atoms with Crippen LogP contribution in [0.2, 0.25) is 0 Å². The van der Waals surface area contributed by atoms with E-state index in [1.54, 1.807) is 7.11 Å². The van der Waals surface area contributed by atoms with Gasteiger partial charge in [-0.25, -0.2) is 4.99 Å². The van der Waals surface area contributed by atoms with Gasteiger partial charge in [0, 0.05) is 37.7 Å². The van der Waals surface area contributed by atoms with E-state index in [9.17, 15) is 4.79 Å². The second kappa shape index (κ2) is 14.4. The first-order valence-electron chi connectivity index (χ1n) is 9.79. The maximum Gasteiger partial charge on any atom is 0.225 e. The van der Waals surface area contributed by atoms with Crippen molar-refractivity contribution >= 4 is 35.8 Å². The molecule has 0 atom stereocenters. The van der Waals surface area contributed by atoms with E-state index in [-0.39, 0.29) is 35.3 Å². The number of nitrogens with zero attached hydrogens (tertiary/aromatic N) is 1. The summed E-state index contributed by atoms with van der Waals surface area (Å²) < 4.78 is 10.9. The van der Waals surface area contributed by atoms with Gasteiger partial charge in [0.15, 0.2) is 5.96 Å². The van der Waals surface area contributed by atoms with Gasteiger partial charge < -0.3 is 25.4 Å². The zero-order valence-electron chi connectivity index (χ0n) is 18.6. The molecule has 8 heteroatoms. The van der Waals surface area contributed by atoms with Crippen LogP contribution in [0.4, 0.5) is 0 Å². The molecule has 0 aliphatic heterocycles. The van der Waals surface area contributed by atoms with Crippen LogP contribution in [-0.4, -0.2) is 51.8 Å². The third kappa shape index (κ3) is 11.3. The summed E-state index contributed by atoms with van der Waals surface area (Å²) in [7, 11) is 1.66. The molecule has 0 fully saturated rings. The van der Waals surface area contributed by atoms with E-state index in [4.69, 9.17) is 9.47 Å². The monoisotopic (exact) mass is 520 g/mol. The summed E-state index contributed by atoms with van der Waals surface area (Å²) in [5.41, 5.74) is 1.77. The number of hydrogen-bond donors (Lipinski definition) is 3. The van der Waals surface area contributed by atoms with E-state index in [0.29, 0.717) is 38.8 Å². The van der Waals surface area contributed by atoms with Gasteiger partial charge in [-0.15, -0.1) is 24.0 Å². The number of guanidine groups is 1. The number of amides is 1. The van der Waals surface area contributed by atoms with Crippen LogP contribution in [0, 0.1) is 12.3 Å². The van der Waals surface area contributed by atoms with Crippen molar-refractivity contribution in [1.82, 2.24) is 16.0 Å². The second-order valence-electron chi connectivity index (χ2n) is 7.58. The molecule has 0 unspecified atom stereocenters. The number of carbonyl (C=O) groups excluding carboxylic acids is 1. The molecule has 7 nitrogen and oxygen atoms in total. The van der Waals surface area contributed by atoms with Gasteiger partial charge in [-0.05, 0) is 25.5 Å². The number of ether oxygens (including phenoxy) is 2. The van der Waals surface area contributed by atoms with Crippen LogP contribution in [0.3, 0.4) is 0 Å². The fraction of sp³-hybridized carbons (Fsp3) is 0.619. The van der Waals surface area contributed by atoms with E-state index in [1.165, 1.54) is 0 Å². The van der Waals surface area contributed by atoms with Crippen molar-refractivity contribution in [3.8, 4) is 5.75 Å². The van der Waals surface area contributed by atoms with Crippen LogP contribution in [0.25, 0.3) is 0 Å². The van der Waals surface area contributed by atoms with Crippen molar-refractivity contribution in [3.63, 3.8) is 0 Å². The molecule has 1 rings (SSSR count). The summed E-state index contributed by atoms with van der Waals surface area (Å²) >= 11 is 0. The lowest BCUT2D eigenvalue weighted by molar-refractivity contribution is -0.128. The number of methoxy groups -OCH3 is 1. The molecule has 0 bridgehead atoms. The molecule has 0 heterocycles. The molecule has 1 aromatic rings. The van der Waals surface area contributed by atoms with Gasteiger partial charge in [-0.1, -0.05) is 32.9 Å². The van der Waals surface area contributed by atoms with E-state index in [1.807, 2.05) is 46.8 Å². The highest BCUT2D eigenvalue weighted by Gasteiger charge is 2.20. The van der Waals surface area contributed by atoms with Crippen molar-refractivity contribution < 1.29 is 14.3 Å². The molecule has 166 valence electrons. The first-order valence-corrected chi connectivity index (χ1v) is 9.79. The minimum atomic E-state index is -0.386. The summed E-state index contributed by atoms with van der Waals surface area (Å²) in [6.07, 6.45) is 0. The largest absolute Gasteiger partial charge is 0.491 e. The lowest BCUT2D eigenvalue weighted by atomic mass is 9.96. The molecule has 0 radical (unpaired) electrons. The molecule has 0 aliphatic rings. The summed E-state index contributed by atoms with van der Waals surface area (Å²) in [6, 6.07) is 6.10. The Bertz CT molecular complexity index is 645. The first kappa shape index (κ1) is 27.5. The molecule has 0 saturated heterocycles. The molecule has 3 N–H and O–H groups in total. The van der Waals surface area contributed by atoms with E-state index < -0.39 is 0 Å². The highest BCUT2D eigenvalue weighted by Crippen LogP contribution is 2.21. The maximum atomic E-state index is 11.9. The highest BCUT2D eigenvalue weighted by atomic mass is 127. The second-order valence-corrected chi connectivity index (χ2v) is 7.58. The number of halogens is 1. The highest BCUT2D eigenvalue weighted by molar-refractivity contribution is 14.0. The molecule has 0 aromatic heterocycles. The van der Waals surface area contributed by atoms with E-state index >= 15 is 0 Å². The predicted octanol–water partition coefficient (Wildman–Crippen LogP) is 2.86. The Morgan fingerprint density at radius 3 is 2.41 bits per heavy atom. The fourth-order valence-electron chi connectivity index (χ4n) is 2.29. The number of rotatable bonds is 10. The average Bonchev–Trinajstić information content (AvgIpc) is 2.63. The van der Waals surface area contributed by atoms with E-state index in [2.05, 4.69) is 27.0 Å². The maximum absolute atomic E-state index is 11.9. The van der Waals surface area contributed by atoms with Crippen LogP contribution in [0.5, 0.6) is 5.75 Å². The van der Waals surface area contributed by atoms with Crippen LogP contribution >= 0.6 is 24.0 Å². The van der Waals surface area contributed by atoms with Crippen LogP contribution in [0.15, 0.2) is 23.2 Å². The van der Waals surface area contributed by atoms with E-state index in [0.717, 1.165) is 23.4 Å². The average molecular weight is 520 g/mol. The van der Waals surface area contributed by atoms with Gasteiger partial charge in [0.1, 0.15) is 12.4 Å². The number of benzene rings is 1. The van der Waals surface area contributed by atoms with Crippen LogP contribution in [0.1, 0.15) is 38.8 Å². The first-order chi connectivity index (χ1) is 13.3. The third-order valence-electron chi connectivity index (χ3n) is 3.90. The van der Waals surface area contributed by atoms with Gasteiger partial charge >= 0.3 is 0 Å². The minimum absolute atomic E-state index is 0. The Labute approximate surface area is 192 Å². The Morgan fingerprint density at radius 2 is 1.79 bits per heavy atom. The van der Waals surface area contributed by atoms with Gasteiger partial charge in [0.2, 0.25) is 5.91 Å². The van der Waals surface area contributed by atoms with Gasteiger partial charge in [0.05, 0.1) is 13.2 Å². The Balaban J connectivity index is 0.00000784. The number of nitrogens with one attached hydrogen (secondary N) is 3. The lowest BCUT2D eigenvalue weighted by Gasteiger charge is -2.18. The molecule has 0 saturated carbocycles. The SMILES string of the molecule is CCNC(=NCc1ccc(C)cc1OCCOC)NCCNC(=O)C(C)(C)C.I. The minimum Gasteiger partial charge on any atom is -0.491 e. The van der Waals surface area contributed by atoms with Gasteiger partial charge in [0.25, 0.3) is 0 Å². The molecule has 1 aromatic carbocycles. The normalized spacial score (nSPS) is 11.4. The molecule has 1 amide bonds. The Morgan fingerprint density at radius 1 is 1.10 bits per heavy atom. The summed E-state index contributed by atoms with van der Waals surface area (Å²) in [5, 5.41) is 9.39. The molecular weight excluding hydrogens is 483 g/mol. The molecule has 0 spiro atoms. The smallest absolute Gasteiger partial charge is 0.225 e. The van der Waals surface area contributed by atoms with Crippen LogP contribution in [-0.2, 0) is 16.1 Å². The van der Waals surface area contributed by atoms with Gasteiger partial charge in [-0.2, -0.15) is 0 Å². The quantitative estimate of drug-likeness (QED) is 0.191. The number of aliphatic imine (C=N–C) groups is 1. The Kier molecular flexibility index (Phi) is 13.7. The van der Waals surface area contributed by atoms with Crippen molar-refractivity contribution in [2.45, 2.75) is 41.2 Å². The molecule has 0 aliphatic carbocycles. The van der Waals surface area contributed by atoms with Crippen molar-refractivity contribution in [3.05, 3.63) is 29.3 Å². The number of hydrogen-bond acceptors (Lipinski definition) is 4.